The van der Waals surface area contributed by atoms with Gasteiger partial charge in [0.1, 0.15) is 12.4 Å². The summed E-state index contributed by atoms with van der Waals surface area (Å²) >= 11 is 6.06. The zero-order chi connectivity index (χ0) is 14.8. The normalized spacial score (nSPS) is 10.9. The summed E-state index contributed by atoms with van der Waals surface area (Å²) in [5.41, 5.74) is 0.633. The molecule has 0 saturated heterocycles. The predicted octanol–water partition coefficient (Wildman–Crippen LogP) is 3.63. The van der Waals surface area contributed by atoms with Gasteiger partial charge >= 0.3 is 5.97 Å². The monoisotopic (exact) mass is 298 g/mol. The minimum absolute atomic E-state index is 0.376. The van der Waals surface area contributed by atoms with E-state index in [4.69, 9.17) is 26.2 Å². The highest BCUT2D eigenvalue weighted by molar-refractivity contribution is 6.32. The number of ether oxygens (including phenoxy) is 2. The van der Waals surface area contributed by atoms with E-state index < -0.39 is 5.97 Å². The summed E-state index contributed by atoms with van der Waals surface area (Å²) in [6, 6.07) is 5.19. The first kappa shape index (κ1) is 16.5. The van der Waals surface area contributed by atoms with Gasteiger partial charge in [-0.3, -0.25) is 0 Å². The molecule has 0 unspecified atom stereocenters. The van der Waals surface area contributed by atoms with E-state index in [-0.39, 0.29) is 0 Å². The van der Waals surface area contributed by atoms with Crippen molar-refractivity contribution >= 4 is 23.6 Å². The number of carboxylic acid groups (broad SMARTS) is 1. The van der Waals surface area contributed by atoms with Crippen molar-refractivity contribution in [3.05, 3.63) is 34.9 Å². The molecule has 0 aliphatic carbocycles. The lowest BCUT2D eigenvalue weighted by Gasteiger charge is -2.11. The Bertz CT molecular complexity index is 457. The third-order valence-corrected chi connectivity index (χ3v) is 2.82. The summed E-state index contributed by atoms with van der Waals surface area (Å²) in [6.45, 7) is 3.67. The van der Waals surface area contributed by atoms with E-state index >= 15 is 0 Å². The van der Waals surface area contributed by atoms with Crippen LogP contribution in [0.2, 0.25) is 5.02 Å². The van der Waals surface area contributed by atoms with E-state index in [1.165, 1.54) is 6.08 Å². The number of carboxylic acids is 1. The lowest BCUT2D eigenvalue weighted by Crippen LogP contribution is -2.08. The highest BCUT2D eigenvalue weighted by Crippen LogP contribution is 2.29. The number of rotatable bonds is 9. The molecule has 1 aromatic rings. The molecule has 0 radical (unpaired) electrons. The van der Waals surface area contributed by atoms with Gasteiger partial charge in [-0.15, -0.1) is 0 Å². The SMILES string of the molecule is CCCCOCCOc1c(Cl)cccc1/C=C/C(=O)O. The van der Waals surface area contributed by atoms with Crippen molar-refractivity contribution < 1.29 is 19.4 Å². The lowest BCUT2D eigenvalue weighted by molar-refractivity contribution is -0.131. The number of para-hydroxylation sites is 1. The molecule has 0 fully saturated rings. The number of benzene rings is 1. The smallest absolute Gasteiger partial charge is 0.328 e. The van der Waals surface area contributed by atoms with Gasteiger partial charge in [-0.05, 0) is 18.6 Å². The Balaban J connectivity index is 2.57. The van der Waals surface area contributed by atoms with Gasteiger partial charge in [-0.25, -0.2) is 4.79 Å². The van der Waals surface area contributed by atoms with Gasteiger partial charge in [0.15, 0.2) is 0 Å². The Morgan fingerprint density at radius 2 is 2.15 bits per heavy atom. The maximum atomic E-state index is 10.5. The lowest BCUT2D eigenvalue weighted by atomic mass is 10.2. The van der Waals surface area contributed by atoms with Gasteiger partial charge in [0.05, 0.1) is 11.6 Å². The summed E-state index contributed by atoms with van der Waals surface area (Å²) < 4.78 is 11.0. The Kier molecular flexibility index (Phi) is 7.77. The fourth-order valence-electron chi connectivity index (χ4n) is 1.52. The fourth-order valence-corrected chi connectivity index (χ4v) is 1.76. The Morgan fingerprint density at radius 1 is 1.35 bits per heavy atom. The second-order valence-corrected chi connectivity index (χ2v) is 4.55. The molecule has 1 rings (SSSR count). The third-order valence-electron chi connectivity index (χ3n) is 2.52. The first-order valence-electron chi connectivity index (χ1n) is 6.55. The molecule has 20 heavy (non-hydrogen) atoms. The van der Waals surface area contributed by atoms with Crippen LogP contribution in [0.3, 0.4) is 0 Å². The van der Waals surface area contributed by atoms with Crippen molar-refractivity contribution in [2.75, 3.05) is 19.8 Å². The molecule has 110 valence electrons. The maximum absolute atomic E-state index is 10.5. The topological polar surface area (TPSA) is 55.8 Å². The van der Waals surface area contributed by atoms with E-state index in [2.05, 4.69) is 6.92 Å². The summed E-state index contributed by atoms with van der Waals surface area (Å²) in [4.78, 5) is 10.5. The minimum Gasteiger partial charge on any atom is -0.489 e. The molecule has 0 aromatic heterocycles. The Hall–Kier alpha value is -1.52. The molecule has 0 aliphatic rings. The van der Waals surface area contributed by atoms with Crippen molar-refractivity contribution in [1.29, 1.82) is 0 Å². The molecule has 0 atom stereocenters. The number of hydrogen-bond donors (Lipinski definition) is 1. The summed E-state index contributed by atoms with van der Waals surface area (Å²) in [6.07, 6.45) is 4.63. The van der Waals surface area contributed by atoms with Gasteiger partial charge in [-0.2, -0.15) is 0 Å². The number of aliphatic carboxylic acids is 1. The highest BCUT2D eigenvalue weighted by atomic mass is 35.5. The van der Waals surface area contributed by atoms with Crippen LogP contribution in [0.4, 0.5) is 0 Å². The molecular formula is C15H19ClO4. The van der Waals surface area contributed by atoms with Crippen LogP contribution in [0.15, 0.2) is 24.3 Å². The molecule has 1 aromatic carbocycles. The number of unbranched alkanes of at least 4 members (excludes halogenated alkanes) is 1. The van der Waals surface area contributed by atoms with Crippen LogP contribution >= 0.6 is 11.6 Å². The highest BCUT2D eigenvalue weighted by Gasteiger charge is 2.06. The molecule has 0 heterocycles. The average Bonchev–Trinajstić information content (AvgIpc) is 2.42. The van der Waals surface area contributed by atoms with Crippen molar-refractivity contribution in [2.45, 2.75) is 19.8 Å². The molecule has 0 bridgehead atoms. The van der Waals surface area contributed by atoms with E-state index in [0.29, 0.717) is 36.2 Å². The molecule has 4 nitrogen and oxygen atoms in total. The van der Waals surface area contributed by atoms with Crippen molar-refractivity contribution in [2.24, 2.45) is 0 Å². The standard InChI is InChI=1S/C15H19ClO4/c1-2-3-9-19-10-11-20-15-12(7-8-14(17)18)5-4-6-13(15)16/h4-8H,2-3,9-11H2,1H3,(H,17,18)/b8-7+. The second-order valence-electron chi connectivity index (χ2n) is 4.14. The largest absolute Gasteiger partial charge is 0.489 e. The second kappa shape index (κ2) is 9.39. The van der Waals surface area contributed by atoms with Crippen LogP contribution in [0.25, 0.3) is 6.08 Å². The van der Waals surface area contributed by atoms with Gasteiger partial charge in [0.25, 0.3) is 0 Å². The molecule has 0 amide bonds. The molecule has 5 heteroatoms. The summed E-state index contributed by atoms with van der Waals surface area (Å²) in [7, 11) is 0. The zero-order valence-electron chi connectivity index (χ0n) is 11.5. The zero-order valence-corrected chi connectivity index (χ0v) is 12.2. The van der Waals surface area contributed by atoms with E-state index in [9.17, 15) is 4.79 Å². The van der Waals surface area contributed by atoms with Crippen molar-refractivity contribution in [1.82, 2.24) is 0 Å². The molecule has 0 saturated carbocycles. The van der Waals surface area contributed by atoms with Gasteiger partial charge in [-0.1, -0.05) is 37.1 Å². The Morgan fingerprint density at radius 3 is 2.85 bits per heavy atom. The van der Waals surface area contributed by atoms with Crippen LogP contribution in [0, 0.1) is 0 Å². The molecule has 1 N–H and O–H groups in total. The predicted molar refractivity (Wildman–Crippen MR) is 79.3 cm³/mol. The quantitative estimate of drug-likeness (QED) is 0.559. The first-order chi connectivity index (χ1) is 9.65. The van der Waals surface area contributed by atoms with Crippen LogP contribution < -0.4 is 4.74 Å². The van der Waals surface area contributed by atoms with Crippen LogP contribution in [-0.2, 0) is 9.53 Å². The third kappa shape index (κ3) is 6.08. The van der Waals surface area contributed by atoms with Crippen LogP contribution in [-0.4, -0.2) is 30.9 Å². The van der Waals surface area contributed by atoms with E-state index in [1.807, 2.05) is 0 Å². The van der Waals surface area contributed by atoms with Crippen LogP contribution in [0.5, 0.6) is 5.75 Å². The average molecular weight is 299 g/mol. The summed E-state index contributed by atoms with van der Waals surface area (Å²) in [5.74, 6) is -0.537. The van der Waals surface area contributed by atoms with Crippen molar-refractivity contribution in [3.8, 4) is 5.75 Å². The van der Waals surface area contributed by atoms with E-state index in [1.54, 1.807) is 18.2 Å². The number of carbonyl (C=O) groups is 1. The van der Waals surface area contributed by atoms with Crippen molar-refractivity contribution in [3.63, 3.8) is 0 Å². The minimum atomic E-state index is -1.01. The maximum Gasteiger partial charge on any atom is 0.328 e. The number of hydrogen-bond acceptors (Lipinski definition) is 3. The summed E-state index contributed by atoms with van der Waals surface area (Å²) in [5, 5.41) is 9.10. The fraction of sp³-hybridized carbons (Fsp3) is 0.400. The number of halogens is 1. The molecular weight excluding hydrogens is 280 g/mol. The Labute approximate surface area is 124 Å². The van der Waals surface area contributed by atoms with Crippen LogP contribution in [0.1, 0.15) is 25.3 Å². The van der Waals surface area contributed by atoms with E-state index in [0.717, 1.165) is 18.9 Å². The first-order valence-corrected chi connectivity index (χ1v) is 6.93. The molecule has 0 aliphatic heterocycles. The molecule has 0 spiro atoms. The van der Waals surface area contributed by atoms with Gasteiger partial charge in [0.2, 0.25) is 0 Å². The van der Waals surface area contributed by atoms with Gasteiger partial charge < -0.3 is 14.6 Å². The van der Waals surface area contributed by atoms with Gasteiger partial charge in [0, 0.05) is 18.2 Å².